The first kappa shape index (κ1) is 16.7. The third kappa shape index (κ3) is 3.51. The Balaban J connectivity index is 1.66. The van der Waals surface area contributed by atoms with E-state index in [2.05, 4.69) is 29.1 Å². The summed E-state index contributed by atoms with van der Waals surface area (Å²) in [6.45, 7) is 6.94. The van der Waals surface area contributed by atoms with Crippen LogP contribution in [0.25, 0.3) is 10.2 Å². The lowest BCUT2D eigenvalue weighted by Crippen LogP contribution is -2.31. The summed E-state index contributed by atoms with van der Waals surface area (Å²) in [7, 11) is 1.96. The molecule has 3 heterocycles. The van der Waals surface area contributed by atoms with Crippen LogP contribution in [0.2, 0.25) is 0 Å². The van der Waals surface area contributed by atoms with Gasteiger partial charge in [-0.05, 0) is 45.3 Å². The molecule has 0 saturated carbocycles. The fourth-order valence-corrected chi connectivity index (χ4v) is 5.02. The van der Waals surface area contributed by atoms with Crippen LogP contribution in [0, 0.1) is 19.8 Å². The van der Waals surface area contributed by atoms with Crippen LogP contribution in [0.3, 0.4) is 0 Å². The minimum absolute atomic E-state index is 0.213. The molecule has 0 aliphatic carbocycles. The molecule has 1 saturated heterocycles. The highest BCUT2D eigenvalue weighted by atomic mass is 32.2. The highest BCUT2D eigenvalue weighted by Crippen LogP contribution is 2.34. The van der Waals surface area contributed by atoms with Crippen molar-refractivity contribution in [2.45, 2.75) is 25.3 Å². The molecule has 124 valence electrons. The average Bonchev–Trinajstić information content (AvgIpc) is 3.11. The van der Waals surface area contributed by atoms with Crippen LogP contribution in [0.5, 0.6) is 0 Å². The zero-order valence-electron chi connectivity index (χ0n) is 13.8. The first-order chi connectivity index (χ1) is 11.1. The number of aromatic nitrogens is 2. The molecular formula is C16H22N4OS2. The first-order valence-corrected chi connectivity index (χ1v) is 9.66. The van der Waals surface area contributed by atoms with Crippen molar-refractivity contribution in [1.29, 1.82) is 0 Å². The van der Waals surface area contributed by atoms with Crippen LogP contribution < -0.4 is 5.32 Å². The first-order valence-electron chi connectivity index (χ1n) is 7.86. The summed E-state index contributed by atoms with van der Waals surface area (Å²) in [5.74, 6) is 1.25. The fourth-order valence-electron chi connectivity index (χ4n) is 3.00. The maximum absolute atomic E-state index is 12.4. The number of hydrogen-bond acceptors (Lipinski definition) is 6. The normalized spacial score (nSPS) is 18.0. The average molecular weight is 351 g/mol. The molecule has 0 radical (unpaired) electrons. The number of thiophene rings is 1. The number of amides is 1. The number of rotatable bonds is 5. The molecule has 1 atom stereocenters. The Morgan fingerprint density at radius 3 is 3.09 bits per heavy atom. The summed E-state index contributed by atoms with van der Waals surface area (Å²) in [4.78, 5) is 25.5. The quantitative estimate of drug-likeness (QED) is 0.663. The van der Waals surface area contributed by atoms with Crippen LogP contribution in [0.15, 0.2) is 11.4 Å². The third-order valence-electron chi connectivity index (χ3n) is 4.39. The molecule has 1 unspecified atom stereocenters. The standard InChI is InChI=1S/C16H22N4OS2/c1-10-11(2)23-16-14(10)15(18-9-19-16)22-8-13(21)20-5-4-12(7-20)6-17-3/h9,12,17H,4-8H2,1-3H3. The van der Waals surface area contributed by atoms with Gasteiger partial charge in [0, 0.05) is 23.4 Å². The second kappa shape index (κ2) is 7.15. The predicted molar refractivity (Wildman–Crippen MR) is 96.2 cm³/mol. The number of aryl methyl sites for hydroxylation is 2. The number of thioether (sulfide) groups is 1. The van der Waals surface area contributed by atoms with Crippen LogP contribution in [0.1, 0.15) is 16.9 Å². The van der Waals surface area contributed by atoms with Gasteiger partial charge in [-0.1, -0.05) is 11.8 Å². The summed E-state index contributed by atoms with van der Waals surface area (Å²) in [5, 5.41) is 5.24. The molecule has 1 aliphatic rings. The van der Waals surface area contributed by atoms with E-state index < -0.39 is 0 Å². The molecule has 0 spiro atoms. The molecule has 1 N–H and O–H groups in total. The van der Waals surface area contributed by atoms with Gasteiger partial charge in [0.1, 0.15) is 16.2 Å². The molecule has 3 rings (SSSR count). The van der Waals surface area contributed by atoms with Gasteiger partial charge in [0.2, 0.25) is 5.91 Å². The van der Waals surface area contributed by atoms with Crippen molar-refractivity contribution in [3.63, 3.8) is 0 Å². The number of carbonyl (C=O) groups excluding carboxylic acids is 1. The fraction of sp³-hybridized carbons (Fsp3) is 0.562. The molecule has 0 aromatic carbocycles. The summed E-state index contributed by atoms with van der Waals surface area (Å²) in [5.41, 5.74) is 1.23. The van der Waals surface area contributed by atoms with E-state index in [0.717, 1.165) is 41.3 Å². The third-order valence-corrected chi connectivity index (χ3v) is 6.48. The van der Waals surface area contributed by atoms with Crippen LogP contribution >= 0.6 is 23.1 Å². The minimum atomic E-state index is 0.213. The van der Waals surface area contributed by atoms with E-state index in [1.165, 1.54) is 22.2 Å². The number of nitrogens with zero attached hydrogens (tertiary/aromatic N) is 3. The van der Waals surface area contributed by atoms with Gasteiger partial charge >= 0.3 is 0 Å². The van der Waals surface area contributed by atoms with Crippen molar-refractivity contribution in [2.24, 2.45) is 5.92 Å². The van der Waals surface area contributed by atoms with Crippen LogP contribution in [0.4, 0.5) is 0 Å². The number of hydrogen-bond donors (Lipinski definition) is 1. The molecule has 7 heteroatoms. The largest absolute Gasteiger partial charge is 0.342 e. The van der Waals surface area contributed by atoms with Crippen LogP contribution in [-0.2, 0) is 4.79 Å². The minimum Gasteiger partial charge on any atom is -0.342 e. The molecule has 2 aromatic heterocycles. The van der Waals surface area contributed by atoms with Crippen molar-refractivity contribution < 1.29 is 4.79 Å². The molecule has 1 amide bonds. The highest BCUT2D eigenvalue weighted by molar-refractivity contribution is 8.00. The summed E-state index contributed by atoms with van der Waals surface area (Å²) in [6, 6.07) is 0. The van der Waals surface area contributed by atoms with E-state index in [9.17, 15) is 4.79 Å². The van der Waals surface area contributed by atoms with Crippen molar-refractivity contribution in [2.75, 3.05) is 32.4 Å². The Morgan fingerprint density at radius 2 is 2.30 bits per heavy atom. The van der Waals surface area contributed by atoms with E-state index in [0.29, 0.717) is 11.7 Å². The molecular weight excluding hydrogens is 328 g/mol. The summed E-state index contributed by atoms with van der Waals surface area (Å²) in [6.07, 6.45) is 2.70. The number of carbonyl (C=O) groups is 1. The predicted octanol–water partition coefficient (Wildman–Crippen LogP) is 2.47. The van der Waals surface area contributed by atoms with Crippen LogP contribution in [-0.4, -0.2) is 53.2 Å². The van der Waals surface area contributed by atoms with Gasteiger partial charge < -0.3 is 10.2 Å². The van der Waals surface area contributed by atoms with E-state index in [-0.39, 0.29) is 5.91 Å². The Labute approximate surface area is 144 Å². The Morgan fingerprint density at radius 1 is 1.48 bits per heavy atom. The van der Waals surface area contributed by atoms with Gasteiger partial charge in [0.25, 0.3) is 0 Å². The lowest BCUT2D eigenvalue weighted by atomic mass is 10.1. The monoisotopic (exact) mass is 350 g/mol. The zero-order valence-corrected chi connectivity index (χ0v) is 15.4. The maximum Gasteiger partial charge on any atom is 0.232 e. The molecule has 0 bridgehead atoms. The van der Waals surface area contributed by atoms with E-state index in [1.54, 1.807) is 17.7 Å². The van der Waals surface area contributed by atoms with Gasteiger partial charge in [0.05, 0.1) is 5.75 Å². The van der Waals surface area contributed by atoms with Crippen molar-refractivity contribution in [1.82, 2.24) is 20.2 Å². The summed E-state index contributed by atoms with van der Waals surface area (Å²) < 4.78 is 0. The molecule has 23 heavy (non-hydrogen) atoms. The van der Waals surface area contributed by atoms with Gasteiger partial charge in [-0.2, -0.15) is 0 Å². The second-order valence-corrected chi connectivity index (χ2v) is 8.15. The zero-order chi connectivity index (χ0) is 16.4. The van der Waals surface area contributed by atoms with Gasteiger partial charge in [-0.3, -0.25) is 4.79 Å². The van der Waals surface area contributed by atoms with E-state index in [1.807, 2.05) is 11.9 Å². The molecule has 5 nitrogen and oxygen atoms in total. The van der Waals surface area contributed by atoms with E-state index in [4.69, 9.17) is 0 Å². The van der Waals surface area contributed by atoms with Gasteiger partial charge in [0.15, 0.2) is 0 Å². The van der Waals surface area contributed by atoms with E-state index >= 15 is 0 Å². The molecule has 2 aromatic rings. The Bertz CT molecular complexity index is 715. The SMILES string of the molecule is CNCC1CCN(C(=O)CSc2ncnc3sc(C)c(C)c23)C1. The molecule has 1 fully saturated rings. The summed E-state index contributed by atoms with van der Waals surface area (Å²) >= 11 is 3.23. The lowest BCUT2D eigenvalue weighted by molar-refractivity contribution is -0.127. The van der Waals surface area contributed by atoms with Crippen molar-refractivity contribution in [3.8, 4) is 0 Å². The topological polar surface area (TPSA) is 58.1 Å². The molecule has 1 aliphatic heterocycles. The lowest BCUT2D eigenvalue weighted by Gasteiger charge is -2.16. The van der Waals surface area contributed by atoms with Gasteiger partial charge in [-0.15, -0.1) is 11.3 Å². The van der Waals surface area contributed by atoms with Gasteiger partial charge in [-0.25, -0.2) is 9.97 Å². The Kier molecular flexibility index (Phi) is 5.18. The number of nitrogens with one attached hydrogen (secondary N) is 1. The highest BCUT2D eigenvalue weighted by Gasteiger charge is 2.25. The van der Waals surface area contributed by atoms with Crippen molar-refractivity contribution >= 4 is 39.2 Å². The number of fused-ring (bicyclic) bond motifs is 1. The second-order valence-electron chi connectivity index (χ2n) is 5.98. The Hall–Kier alpha value is -1.18. The van der Waals surface area contributed by atoms with Crippen molar-refractivity contribution in [3.05, 3.63) is 16.8 Å². The maximum atomic E-state index is 12.4. The smallest absolute Gasteiger partial charge is 0.232 e. The number of likely N-dealkylation sites (tertiary alicyclic amines) is 1.